The lowest BCUT2D eigenvalue weighted by atomic mass is 10.2. The summed E-state index contributed by atoms with van der Waals surface area (Å²) in [4.78, 5) is 11.4. The highest BCUT2D eigenvalue weighted by atomic mass is 16.5. The normalized spacial score (nSPS) is 10.4. The molecule has 0 aliphatic heterocycles. The molecule has 0 fully saturated rings. The summed E-state index contributed by atoms with van der Waals surface area (Å²) in [6.45, 7) is 2.50. The molecule has 16 heavy (non-hydrogen) atoms. The molecule has 0 saturated carbocycles. The zero-order chi connectivity index (χ0) is 11.5. The molecule has 1 heterocycles. The Morgan fingerprint density at radius 3 is 2.94 bits per heavy atom. The first-order valence-corrected chi connectivity index (χ1v) is 4.98. The molecule has 0 spiro atoms. The van der Waals surface area contributed by atoms with E-state index in [0.29, 0.717) is 17.8 Å². The average Bonchev–Trinajstić information content (AvgIpc) is 2.71. The number of hydrogen-bond acceptors (Lipinski definition) is 4. The Labute approximate surface area is 92.8 Å². The van der Waals surface area contributed by atoms with Crippen molar-refractivity contribution in [2.75, 3.05) is 13.7 Å². The largest absolute Gasteiger partial charge is 0.494 e. The summed E-state index contributed by atoms with van der Waals surface area (Å²) in [6.07, 6.45) is 1.40. The van der Waals surface area contributed by atoms with Gasteiger partial charge in [-0.2, -0.15) is 0 Å². The third-order valence-corrected chi connectivity index (χ3v) is 2.26. The Bertz CT molecular complexity index is 513. The Hall–Kier alpha value is -1.97. The fraction of sp³-hybridized carbons (Fsp3) is 0.250. The Morgan fingerprint density at radius 2 is 2.25 bits per heavy atom. The van der Waals surface area contributed by atoms with E-state index in [2.05, 4.69) is 4.74 Å². The summed E-state index contributed by atoms with van der Waals surface area (Å²) in [6, 6.07) is 5.34. The first-order chi connectivity index (χ1) is 7.76. The lowest BCUT2D eigenvalue weighted by Crippen LogP contribution is -1.99. The van der Waals surface area contributed by atoms with E-state index in [9.17, 15) is 4.79 Å². The van der Waals surface area contributed by atoms with Gasteiger partial charge in [-0.25, -0.2) is 4.79 Å². The van der Waals surface area contributed by atoms with Gasteiger partial charge in [0, 0.05) is 11.5 Å². The molecule has 1 aromatic carbocycles. The highest BCUT2D eigenvalue weighted by Gasteiger charge is 2.14. The maximum Gasteiger partial charge on any atom is 0.341 e. The highest BCUT2D eigenvalue weighted by molar-refractivity contribution is 6.03. The van der Waals surface area contributed by atoms with Crippen LogP contribution in [0.1, 0.15) is 17.3 Å². The number of carbonyl (C=O) groups excluding carboxylic acids is 1. The molecular weight excluding hydrogens is 208 g/mol. The molecule has 0 radical (unpaired) electrons. The van der Waals surface area contributed by atoms with Gasteiger partial charge in [0.1, 0.15) is 23.2 Å². The monoisotopic (exact) mass is 220 g/mol. The van der Waals surface area contributed by atoms with Gasteiger partial charge in [0.05, 0.1) is 13.7 Å². The first-order valence-electron chi connectivity index (χ1n) is 4.98. The van der Waals surface area contributed by atoms with Crippen LogP contribution in [0.3, 0.4) is 0 Å². The predicted molar refractivity (Wildman–Crippen MR) is 58.7 cm³/mol. The van der Waals surface area contributed by atoms with Gasteiger partial charge >= 0.3 is 5.97 Å². The van der Waals surface area contributed by atoms with Crippen LogP contribution in [0.15, 0.2) is 28.9 Å². The van der Waals surface area contributed by atoms with Crippen LogP contribution in [0.25, 0.3) is 11.0 Å². The fourth-order valence-corrected chi connectivity index (χ4v) is 1.53. The molecule has 4 heteroatoms. The number of hydrogen-bond donors (Lipinski definition) is 0. The van der Waals surface area contributed by atoms with Gasteiger partial charge in [-0.15, -0.1) is 0 Å². The van der Waals surface area contributed by atoms with Gasteiger partial charge < -0.3 is 13.9 Å². The van der Waals surface area contributed by atoms with Crippen molar-refractivity contribution in [2.24, 2.45) is 0 Å². The zero-order valence-electron chi connectivity index (χ0n) is 9.15. The van der Waals surface area contributed by atoms with Crippen molar-refractivity contribution in [1.29, 1.82) is 0 Å². The molecular formula is C12H12O4. The third-order valence-electron chi connectivity index (χ3n) is 2.26. The molecule has 2 rings (SSSR count). The van der Waals surface area contributed by atoms with Gasteiger partial charge in [-0.1, -0.05) is 0 Å². The van der Waals surface area contributed by atoms with Gasteiger partial charge in [-0.3, -0.25) is 0 Å². The molecule has 4 nitrogen and oxygen atoms in total. The lowest BCUT2D eigenvalue weighted by Gasteiger charge is -2.01. The topological polar surface area (TPSA) is 48.7 Å². The number of carbonyl (C=O) groups is 1. The van der Waals surface area contributed by atoms with Crippen LogP contribution in [0.2, 0.25) is 0 Å². The van der Waals surface area contributed by atoms with Crippen LogP contribution >= 0.6 is 0 Å². The minimum atomic E-state index is -0.400. The SMILES string of the molecule is CCOc1ccc2c(C(=O)OC)coc2c1. The summed E-state index contributed by atoms with van der Waals surface area (Å²) in [5.41, 5.74) is 1.05. The predicted octanol–water partition coefficient (Wildman–Crippen LogP) is 2.62. The molecule has 0 aliphatic rings. The van der Waals surface area contributed by atoms with Gasteiger partial charge in [0.15, 0.2) is 0 Å². The van der Waals surface area contributed by atoms with Crippen molar-refractivity contribution in [3.8, 4) is 5.75 Å². The minimum Gasteiger partial charge on any atom is -0.494 e. The standard InChI is InChI=1S/C12H12O4/c1-3-15-8-4-5-9-10(12(13)14-2)7-16-11(9)6-8/h4-7H,3H2,1-2H3. The van der Waals surface area contributed by atoms with Crippen LogP contribution in [0.4, 0.5) is 0 Å². The van der Waals surface area contributed by atoms with Gasteiger partial charge in [-0.05, 0) is 19.1 Å². The number of esters is 1. The molecule has 84 valence electrons. The maximum atomic E-state index is 11.4. The van der Waals surface area contributed by atoms with Crippen LogP contribution in [0.5, 0.6) is 5.75 Å². The van der Waals surface area contributed by atoms with Gasteiger partial charge in [0.2, 0.25) is 0 Å². The molecule has 1 aromatic heterocycles. The maximum absolute atomic E-state index is 11.4. The first kappa shape index (κ1) is 10.5. The van der Waals surface area contributed by atoms with E-state index in [-0.39, 0.29) is 0 Å². The second-order valence-corrected chi connectivity index (χ2v) is 3.23. The average molecular weight is 220 g/mol. The second kappa shape index (κ2) is 4.26. The van der Waals surface area contributed by atoms with E-state index in [1.54, 1.807) is 18.2 Å². The van der Waals surface area contributed by atoms with Crippen LogP contribution in [-0.2, 0) is 4.74 Å². The fourth-order valence-electron chi connectivity index (χ4n) is 1.53. The Balaban J connectivity index is 2.46. The molecule has 0 aliphatic carbocycles. The quantitative estimate of drug-likeness (QED) is 0.746. The van der Waals surface area contributed by atoms with Crippen LogP contribution < -0.4 is 4.74 Å². The highest BCUT2D eigenvalue weighted by Crippen LogP contribution is 2.26. The lowest BCUT2D eigenvalue weighted by molar-refractivity contribution is 0.0602. The second-order valence-electron chi connectivity index (χ2n) is 3.23. The van der Waals surface area contributed by atoms with Crippen LogP contribution in [0, 0.1) is 0 Å². The number of fused-ring (bicyclic) bond motifs is 1. The van der Waals surface area contributed by atoms with Crippen molar-refractivity contribution < 1.29 is 18.7 Å². The van der Waals surface area contributed by atoms with E-state index < -0.39 is 5.97 Å². The van der Waals surface area contributed by atoms with E-state index >= 15 is 0 Å². The van der Waals surface area contributed by atoms with Gasteiger partial charge in [0.25, 0.3) is 0 Å². The molecule has 0 N–H and O–H groups in total. The van der Waals surface area contributed by atoms with Crippen molar-refractivity contribution in [1.82, 2.24) is 0 Å². The summed E-state index contributed by atoms with van der Waals surface area (Å²) < 4.78 is 15.3. The Morgan fingerprint density at radius 1 is 1.44 bits per heavy atom. The van der Waals surface area contributed by atoms with E-state index in [0.717, 1.165) is 11.1 Å². The number of benzene rings is 1. The third kappa shape index (κ3) is 1.74. The Kier molecular flexibility index (Phi) is 2.81. The summed E-state index contributed by atoms with van der Waals surface area (Å²) in [7, 11) is 1.34. The number of rotatable bonds is 3. The molecule has 0 atom stereocenters. The van der Waals surface area contributed by atoms with E-state index in [1.807, 2.05) is 6.92 Å². The molecule has 0 saturated heterocycles. The smallest absolute Gasteiger partial charge is 0.341 e. The van der Waals surface area contributed by atoms with Crippen molar-refractivity contribution in [2.45, 2.75) is 6.92 Å². The van der Waals surface area contributed by atoms with Crippen molar-refractivity contribution >= 4 is 16.9 Å². The number of ether oxygens (including phenoxy) is 2. The van der Waals surface area contributed by atoms with E-state index in [1.165, 1.54) is 13.4 Å². The summed E-state index contributed by atoms with van der Waals surface area (Å²) >= 11 is 0. The van der Waals surface area contributed by atoms with Crippen LogP contribution in [-0.4, -0.2) is 19.7 Å². The van der Waals surface area contributed by atoms with Crippen molar-refractivity contribution in [3.63, 3.8) is 0 Å². The van der Waals surface area contributed by atoms with E-state index in [4.69, 9.17) is 9.15 Å². The molecule has 2 aromatic rings. The summed E-state index contributed by atoms with van der Waals surface area (Å²) in [5.74, 6) is 0.323. The molecule has 0 bridgehead atoms. The minimum absolute atomic E-state index is 0.400. The number of furan rings is 1. The number of methoxy groups -OCH3 is 1. The summed E-state index contributed by atoms with van der Waals surface area (Å²) in [5, 5.41) is 0.732. The zero-order valence-corrected chi connectivity index (χ0v) is 9.15. The molecule has 0 unspecified atom stereocenters. The molecule has 0 amide bonds. The van der Waals surface area contributed by atoms with Crippen molar-refractivity contribution in [3.05, 3.63) is 30.0 Å².